The average molecular weight is 602 g/mol. The molecular formula is C25H24Cl2HfSi-2. The Morgan fingerprint density at radius 1 is 0.552 bits per heavy atom. The Morgan fingerprint density at radius 2 is 0.966 bits per heavy atom. The van der Waals surface area contributed by atoms with Gasteiger partial charge in [0.25, 0.3) is 0 Å². The fraction of sp³-hybridized carbons (Fsp3) is 0.0400. The van der Waals surface area contributed by atoms with Crippen molar-refractivity contribution in [3.63, 3.8) is 0 Å². The summed E-state index contributed by atoms with van der Waals surface area (Å²) >= 11 is 0. The van der Waals surface area contributed by atoms with Gasteiger partial charge in [-0.3, -0.25) is 0 Å². The quantitative estimate of drug-likeness (QED) is 0.143. The maximum Gasteiger partial charge on any atom is 0.0773 e. The van der Waals surface area contributed by atoms with E-state index in [1.54, 1.807) is 0 Å². The van der Waals surface area contributed by atoms with Crippen molar-refractivity contribution in [2.45, 2.75) is 6.55 Å². The molecule has 0 atom stereocenters. The summed E-state index contributed by atoms with van der Waals surface area (Å²) in [5.41, 5.74) is 0. The summed E-state index contributed by atoms with van der Waals surface area (Å²) < 4.78 is 0. The zero-order valence-electron chi connectivity index (χ0n) is 16.3. The number of hydrogen-bond donors (Lipinski definition) is 0. The fourth-order valence-electron chi connectivity index (χ4n) is 2.74. The maximum atomic E-state index is 2.19. The van der Waals surface area contributed by atoms with Crippen molar-refractivity contribution in [3.8, 4) is 0 Å². The molecule has 0 aliphatic rings. The Balaban J connectivity index is 0.000000387. The molecule has 0 aromatic heterocycles. The molecule has 4 heteroatoms. The first-order valence-electron chi connectivity index (χ1n) is 8.80. The molecule has 5 aromatic rings. The standard InChI is InChI=1S/2C9H7.C7H8Si.2ClH.Hf/c2*1-2-5-9-7-3-6-8(9)4-1;1-8-7-5-3-2-4-6-7;;;/h2*1-7H;2-6H,1H3;2*1H;/q2*-1;;;;. The van der Waals surface area contributed by atoms with E-state index < -0.39 is 0 Å². The van der Waals surface area contributed by atoms with Gasteiger partial charge in [0, 0.05) is 25.8 Å². The van der Waals surface area contributed by atoms with Gasteiger partial charge in [-0.15, -0.1) is 84.1 Å². The van der Waals surface area contributed by atoms with Gasteiger partial charge < -0.3 is 0 Å². The van der Waals surface area contributed by atoms with Crippen LogP contribution in [0.2, 0.25) is 6.55 Å². The monoisotopic (exact) mass is 602 g/mol. The van der Waals surface area contributed by atoms with Crippen LogP contribution in [0.25, 0.3) is 21.5 Å². The molecule has 0 spiro atoms. The Bertz CT molecular complexity index is 912. The van der Waals surface area contributed by atoms with E-state index in [0.717, 1.165) is 9.52 Å². The molecule has 0 N–H and O–H groups in total. The van der Waals surface area contributed by atoms with Gasteiger partial charge in [-0.1, -0.05) is 54.2 Å². The van der Waals surface area contributed by atoms with Crippen LogP contribution in [-0.4, -0.2) is 9.52 Å². The van der Waals surface area contributed by atoms with Gasteiger partial charge in [0.05, 0.1) is 9.52 Å². The van der Waals surface area contributed by atoms with E-state index in [1.165, 1.54) is 26.7 Å². The molecule has 0 bridgehead atoms. The van der Waals surface area contributed by atoms with Gasteiger partial charge in [-0.25, -0.2) is 0 Å². The first-order chi connectivity index (χ1) is 12.9. The van der Waals surface area contributed by atoms with Crippen LogP contribution in [0.15, 0.2) is 115 Å². The Labute approximate surface area is 207 Å². The minimum Gasteiger partial charge on any atom is -0.168 e. The molecule has 0 heterocycles. The number of rotatable bonds is 1. The summed E-state index contributed by atoms with van der Waals surface area (Å²) in [6.07, 6.45) is 0. The van der Waals surface area contributed by atoms with Crippen molar-refractivity contribution in [1.82, 2.24) is 0 Å². The predicted octanol–water partition coefficient (Wildman–Crippen LogP) is 7.02. The van der Waals surface area contributed by atoms with E-state index in [0.29, 0.717) is 0 Å². The van der Waals surface area contributed by atoms with Gasteiger partial charge in [-0.2, -0.15) is 35.0 Å². The van der Waals surface area contributed by atoms with Gasteiger partial charge in [-0.05, 0) is 0 Å². The van der Waals surface area contributed by atoms with E-state index in [4.69, 9.17) is 0 Å². The molecule has 0 saturated carbocycles. The van der Waals surface area contributed by atoms with Crippen LogP contribution in [0.5, 0.6) is 0 Å². The number of benzene rings is 3. The van der Waals surface area contributed by atoms with E-state index in [1.807, 2.05) is 6.07 Å². The summed E-state index contributed by atoms with van der Waals surface area (Å²) in [4.78, 5) is 0. The van der Waals surface area contributed by atoms with Crippen molar-refractivity contribution < 1.29 is 25.8 Å². The smallest absolute Gasteiger partial charge is 0.0773 e. The van der Waals surface area contributed by atoms with Gasteiger partial charge >= 0.3 is 0 Å². The molecule has 0 aliphatic heterocycles. The van der Waals surface area contributed by atoms with Crippen molar-refractivity contribution >= 4 is 61.1 Å². The summed E-state index contributed by atoms with van der Waals surface area (Å²) in [6.45, 7) is 2.19. The molecule has 29 heavy (non-hydrogen) atoms. The van der Waals surface area contributed by atoms with Crippen molar-refractivity contribution in [2.75, 3.05) is 0 Å². The average Bonchev–Trinajstić information content (AvgIpc) is 3.38. The maximum absolute atomic E-state index is 2.19. The first kappa shape index (κ1) is 27.5. The van der Waals surface area contributed by atoms with E-state index in [9.17, 15) is 0 Å². The second-order valence-corrected chi connectivity index (χ2v) is 7.00. The minimum absolute atomic E-state index is 0. The SMILES string of the molecule is C[Si]c1ccccc1.Cl.Cl.[Hf].c1ccc2[cH-]ccc2c1.c1ccc2[cH-]ccc2c1. The van der Waals surface area contributed by atoms with Gasteiger partial charge in [0.15, 0.2) is 0 Å². The van der Waals surface area contributed by atoms with Gasteiger partial charge in [0.2, 0.25) is 0 Å². The molecule has 5 rings (SSSR count). The van der Waals surface area contributed by atoms with E-state index >= 15 is 0 Å². The molecule has 148 valence electrons. The van der Waals surface area contributed by atoms with E-state index in [-0.39, 0.29) is 50.7 Å². The third-order valence-corrected chi connectivity index (χ3v) is 5.07. The summed E-state index contributed by atoms with van der Waals surface area (Å²) in [5.74, 6) is 0. The van der Waals surface area contributed by atoms with Crippen LogP contribution >= 0.6 is 24.8 Å². The minimum atomic E-state index is 0. The Kier molecular flexibility index (Phi) is 14.6. The molecule has 0 nitrogen and oxygen atoms in total. The van der Waals surface area contributed by atoms with Crippen LogP contribution < -0.4 is 5.19 Å². The molecule has 0 amide bonds. The normalized spacial score (nSPS) is 8.86. The van der Waals surface area contributed by atoms with Crippen molar-refractivity contribution in [3.05, 3.63) is 115 Å². The predicted molar refractivity (Wildman–Crippen MR) is 131 cm³/mol. The third kappa shape index (κ3) is 8.84. The van der Waals surface area contributed by atoms with E-state index in [2.05, 4.69) is 116 Å². The third-order valence-electron chi connectivity index (χ3n) is 4.16. The van der Waals surface area contributed by atoms with Crippen LogP contribution in [0.1, 0.15) is 0 Å². The number of fused-ring (bicyclic) bond motifs is 2. The van der Waals surface area contributed by atoms with Crippen LogP contribution in [-0.2, 0) is 25.8 Å². The molecule has 0 saturated heterocycles. The second-order valence-electron chi connectivity index (χ2n) is 5.93. The molecule has 0 aliphatic carbocycles. The van der Waals surface area contributed by atoms with Crippen LogP contribution in [0.3, 0.4) is 0 Å². The molecule has 0 fully saturated rings. The Hall–Kier alpha value is -1.45. The van der Waals surface area contributed by atoms with Crippen molar-refractivity contribution in [1.29, 1.82) is 0 Å². The largest absolute Gasteiger partial charge is 0.168 e. The molecular weight excluding hydrogens is 578 g/mol. The Morgan fingerprint density at radius 3 is 1.34 bits per heavy atom. The molecule has 5 aromatic carbocycles. The molecule has 0 unspecified atom stereocenters. The van der Waals surface area contributed by atoms with Crippen LogP contribution in [0, 0.1) is 0 Å². The zero-order chi connectivity index (χ0) is 18.0. The van der Waals surface area contributed by atoms with Gasteiger partial charge in [0.1, 0.15) is 0 Å². The fourth-order valence-corrected chi connectivity index (χ4v) is 3.27. The number of hydrogen-bond acceptors (Lipinski definition) is 0. The second kappa shape index (κ2) is 15.4. The first-order valence-corrected chi connectivity index (χ1v) is 10.3. The van der Waals surface area contributed by atoms with Crippen molar-refractivity contribution in [2.24, 2.45) is 0 Å². The molecule has 2 radical (unpaired) electrons. The zero-order valence-corrected chi connectivity index (χ0v) is 22.5. The topological polar surface area (TPSA) is 0 Å². The summed E-state index contributed by atoms with van der Waals surface area (Å²) in [6, 6.07) is 39.8. The summed E-state index contributed by atoms with van der Waals surface area (Å²) in [7, 11) is 0.930. The van der Waals surface area contributed by atoms with Crippen LogP contribution in [0.4, 0.5) is 0 Å². The summed E-state index contributed by atoms with van der Waals surface area (Å²) in [5, 5.41) is 6.76. The number of halogens is 2.